The van der Waals surface area contributed by atoms with Gasteiger partial charge in [-0.25, -0.2) is 4.99 Å². The van der Waals surface area contributed by atoms with Crippen LogP contribution in [0.15, 0.2) is 90.3 Å². The molecule has 3 aromatic rings. The second-order valence-electron chi connectivity index (χ2n) is 7.68. The van der Waals surface area contributed by atoms with Crippen molar-refractivity contribution in [2.75, 3.05) is 14.2 Å². The third-order valence-electron chi connectivity index (χ3n) is 5.45. The van der Waals surface area contributed by atoms with Crippen LogP contribution in [0.3, 0.4) is 0 Å². The average molecular weight is 462 g/mol. The second-order valence-corrected chi connectivity index (χ2v) is 7.68. The molecule has 0 aliphatic carbocycles. The van der Waals surface area contributed by atoms with Crippen LogP contribution in [0.25, 0.3) is 17.0 Å². The number of aromatic amines is 1. The van der Waals surface area contributed by atoms with Gasteiger partial charge >= 0.3 is 7.11 Å². The number of nitrogens with one attached hydrogen (secondary N) is 2. The zero-order chi connectivity index (χ0) is 23.7. The van der Waals surface area contributed by atoms with Crippen LogP contribution < -0.4 is 14.5 Å². The molecule has 0 unspecified atom stereocenters. The third kappa shape index (κ3) is 4.32. The molecule has 34 heavy (non-hydrogen) atoms. The van der Waals surface area contributed by atoms with E-state index in [1.165, 1.54) is 6.08 Å². The van der Waals surface area contributed by atoms with Crippen molar-refractivity contribution >= 4 is 18.6 Å². The summed E-state index contributed by atoms with van der Waals surface area (Å²) in [5, 5.41) is 0. The van der Waals surface area contributed by atoms with Gasteiger partial charge in [0.25, 0.3) is 0 Å². The van der Waals surface area contributed by atoms with E-state index in [1.807, 2.05) is 48.5 Å². The minimum absolute atomic E-state index is 0.0158. The Morgan fingerprint density at radius 2 is 1.50 bits per heavy atom. The monoisotopic (exact) mass is 462 g/mol. The van der Waals surface area contributed by atoms with Gasteiger partial charge in [-0.05, 0) is 42.5 Å². The third-order valence-corrected chi connectivity index (χ3v) is 5.45. The van der Waals surface area contributed by atoms with Gasteiger partial charge in [0.15, 0.2) is 5.76 Å². The molecule has 2 aliphatic rings. The van der Waals surface area contributed by atoms with Gasteiger partial charge < -0.3 is 32.4 Å². The largest absolute Gasteiger partial charge is 0.726 e. The molecule has 5 rings (SSSR count). The smallest absolute Gasteiger partial charge is 0.626 e. The Morgan fingerprint density at radius 3 is 2.24 bits per heavy atom. The van der Waals surface area contributed by atoms with Crippen LogP contribution in [0.4, 0.5) is 8.63 Å². The standard InChI is InChI=1S/C25H20BF2N2O4/c1-31-18-7-3-5-16(13-18)20-9-11-22(29-20)24-15-25(34-26(27,28)33-24)23-12-10-21(30-23)17-6-4-8-19(14-17)32-2/h3-15,29H,1-2H3/q-1/p+1/b25-23-. The van der Waals surface area contributed by atoms with Crippen LogP contribution in [0, 0.1) is 0 Å². The molecule has 0 saturated heterocycles. The highest BCUT2D eigenvalue weighted by Gasteiger charge is 2.40. The van der Waals surface area contributed by atoms with Gasteiger partial charge in [-0.1, -0.05) is 18.2 Å². The number of methoxy groups -OCH3 is 2. The van der Waals surface area contributed by atoms with E-state index in [4.69, 9.17) is 18.8 Å². The van der Waals surface area contributed by atoms with Crippen LogP contribution in [-0.2, 0) is 9.31 Å². The first kappa shape index (κ1) is 21.6. The van der Waals surface area contributed by atoms with Crippen LogP contribution in [0.1, 0.15) is 11.3 Å². The Labute approximate surface area is 194 Å². The number of aromatic nitrogens is 1. The number of H-pyrrole nitrogens is 1. The van der Waals surface area contributed by atoms with Gasteiger partial charge in [0.05, 0.1) is 19.9 Å². The molecule has 3 heterocycles. The van der Waals surface area contributed by atoms with Gasteiger partial charge in [0, 0.05) is 35.0 Å². The molecule has 0 atom stereocenters. The SMILES string of the molecule is COc1cccc(C2=[NH+]/C(=C3/C=C(c4ccc(-c5cccc(OC)c5)[nH]4)O[B-](F)(F)O3)C=C2)c1. The van der Waals surface area contributed by atoms with E-state index in [-0.39, 0.29) is 11.5 Å². The molecule has 0 saturated carbocycles. The Balaban J connectivity index is 1.49. The van der Waals surface area contributed by atoms with E-state index < -0.39 is 7.11 Å². The van der Waals surface area contributed by atoms with Crippen molar-refractivity contribution in [1.82, 2.24) is 4.98 Å². The maximum atomic E-state index is 14.4. The Morgan fingerprint density at radius 1 is 0.824 bits per heavy atom. The molecule has 2 aromatic carbocycles. The average Bonchev–Trinajstić information content (AvgIpc) is 3.54. The molecule has 2 aliphatic heterocycles. The first-order chi connectivity index (χ1) is 16.4. The van der Waals surface area contributed by atoms with Gasteiger partial charge in [0.1, 0.15) is 17.3 Å². The van der Waals surface area contributed by atoms with E-state index in [0.29, 0.717) is 22.9 Å². The molecule has 6 nitrogen and oxygen atoms in total. The predicted molar refractivity (Wildman–Crippen MR) is 125 cm³/mol. The first-order valence-electron chi connectivity index (χ1n) is 10.6. The van der Waals surface area contributed by atoms with Crippen molar-refractivity contribution in [2.24, 2.45) is 0 Å². The number of hydrogen-bond acceptors (Lipinski definition) is 4. The van der Waals surface area contributed by atoms with Crippen LogP contribution in [0.5, 0.6) is 11.5 Å². The number of halogens is 2. The summed E-state index contributed by atoms with van der Waals surface area (Å²) in [5.41, 5.74) is 3.99. The Hall–Kier alpha value is -4.27. The molecular weight excluding hydrogens is 441 g/mol. The lowest BCUT2D eigenvalue weighted by Crippen LogP contribution is -2.68. The van der Waals surface area contributed by atoms with Gasteiger partial charge in [-0.3, -0.25) is 0 Å². The minimum Gasteiger partial charge on any atom is -0.626 e. The van der Waals surface area contributed by atoms with E-state index >= 15 is 0 Å². The van der Waals surface area contributed by atoms with E-state index in [1.54, 1.807) is 38.5 Å². The number of hydrogen-bond donors (Lipinski definition) is 2. The lowest BCUT2D eigenvalue weighted by molar-refractivity contribution is -0.388. The molecule has 2 N–H and O–H groups in total. The number of rotatable bonds is 5. The van der Waals surface area contributed by atoms with Crippen LogP contribution in [0.2, 0.25) is 0 Å². The van der Waals surface area contributed by atoms with Crippen LogP contribution in [-0.4, -0.2) is 32.0 Å². The highest BCUT2D eigenvalue weighted by molar-refractivity contribution is 6.53. The Bertz CT molecular complexity index is 1370. The summed E-state index contributed by atoms with van der Waals surface area (Å²) >= 11 is 0. The normalized spacial score (nSPS) is 18.6. The van der Waals surface area contributed by atoms with E-state index in [2.05, 4.69) is 9.98 Å². The lowest BCUT2D eigenvalue weighted by Gasteiger charge is -2.33. The molecule has 172 valence electrons. The molecule has 0 amide bonds. The summed E-state index contributed by atoms with van der Waals surface area (Å²) in [6.07, 6.45) is 4.93. The summed E-state index contributed by atoms with van der Waals surface area (Å²) in [5.74, 6) is 1.36. The van der Waals surface area contributed by atoms with E-state index in [0.717, 1.165) is 22.5 Å². The molecule has 1 aromatic heterocycles. The van der Waals surface area contributed by atoms with Crippen molar-refractivity contribution in [3.63, 3.8) is 0 Å². The maximum absolute atomic E-state index is 14.4. The predicted octanol–water partition coefficient (Wildman–Crippen LogP) is 3.81. The summed E-state index contributed by atoms with van der Waals surface area (Å²) in [6, 6.07) is 18.3. The molecular formula is C25H21BF2N2O4. The Kier molecular flexibility index (Phi) is 5.45. The van der Waals surface area contributed by atoms with Crippen molar-refractivity contribution in [3.8, 4) is 22.8 Å². The zero-order valence-electron chi connectivity index (χ0n) is 18.5. The molecule has 0 radical (unpaired) electrons. The van der Waals surface area contributed by atoms with Gasteiger partial charge in [-0.15, -0.1) is 0 Å². The highest BCUT2D eigenvalue weighted by atomic mass is 19.3. The second kappa shape index (κ2) is 8.59. The van der Waals surface area contributed by atoms with E-state index in [9.17, 15) is 8.63 Å². The fourth-order valence-electron chi connectivity index (χ4n) is 3.78. The topological polar surface area (TPSA) is 66.7 Å². The highest BCUT2D eigenvalue weighted by Crippen LogP contribution is 2.34. The minimum atomic E-state index is -4.55. The quantitative estimate of drug-likeness (QED) is 0.567. The summed E-state index contributed by atoms with van der Waals surface area (Å²) in [6.45, 7) is 0. The summed E-state index contributed by atoms with van der Waals surface area (Å²) in [4.78, 5) is 6.28. The van der Waals surface area contributed by atoms with Gasteiger partial charge in [0.2, 0.25) is 11.4 Å². The molecule has 9 heteroatoms. The first-order valence-corrected chi connectivity index (χ1v) is 10.6. The molecule has 0 spiro atoms. The number of allylic oxidation sites excluding steroid dienone is 3. The fourth-order valence-corrected chi connectivity index (χ4v) is 3.78. The van der Waals surface area contributed by atoms with Crippen molar-refractivity contribution in [2.45, 2.75) is 0 Å². The van der Waals surface area contributed by atoms with Crippen molar-refractivity contribution < 1.29 is 32.4 Å². The number of ether oxygens (including phenoxy) is 2. The summed E-state index contributed by atoms with van der Waals surface area (Å²) < 4.78 is 49.2. The van der Waals surface area contributed by atoms with Crippen molar-refractivity contribution in [1.29, 1.82) is 0 Å². The molecule has 0 bridgehead atoms. The van der Waals surface area contributed by atoms with Crippen LogP contribution >= 0.6 is 0 Å². The van der Waals surface area contributed by atoms with Gasteiger partial charge in [-0.2, -0.15) is 0 Å². The fraction of sp³-hybridized carbons (Fsp3) is 0.0800. The molecule has 0 fully saturated rings. The number of benzene rings is 2. The maximum Gasteiger partial charge on any atom is 0.726 e. The lowest BCUT2D eigenvalue weighted by atomic mass is 10.1. The summed E-state index contributed by atoms with van der Waals surface area (Å²) in [7, 11) is -1.38. The zero-order valence-corrected chi connectivity index (χ0v) is 18.5. The van der Waals surface area contributed by atoms with Crippen molar-refractivity contribution in [3.05, 3.63) is 102 Å².